The third-order valence-electron chi connectivity index (χ3n) is 5.01. The average molecular weight is 341 g/mol. The van der Waals surface area contributed by atoms with Gasteiger partial charge in [-0.25, -0.2) is 0 Å². The number of benzene rings is 1. The average Bonchev–Trinajstić information content (AvgIpc) is 3.10. The Labute approximate surface area is 149 Å². The van der Waals surface area contributed by atoms with Gasteiger partial charge < -0.3 is 10.6 Å². The molecule has 2 N–H and O–H groups in total. The molecule has 6 nitrogen and oxygen atoms in total. The first-order valence-corrected chi connectivity index (χ1v) is 9.08. The molecule has 1 fully saturated rings. The second-order valence-corrected chi connectivity index (χ2v) is 6.98. The number of hydrogen-bond donors (Lipinski definition) is 1. The van der Waals surface area contributed by atoms with Crippen molar-refractivity contribution in [1.82, 2.24) is 19.9 Å². The highest BCUT2D eigenvalue weighted by atomic mass is 16.2. The largest absolute Gasteiger partial charge is 0.341 e. The van der Waals surface area contributed by atoms with E-state index in [2.05, 4.69) is 41.5 Å². The van der Waals surface area contributed by atoms with Gasteiger partial charge in [-0.05, 0) is 32.1 Å². The van der Waals surface area contributed by atoms with Crippen LogP contribution in [-0.2, 0) is 11.3 Å². The summed E-state index contributed by atoms with van der Waals surface area (Å²) in [5, 5.41) is 8.56. The SMILES string of the molecule is CC[C@H](N)C(=O)N1CCC(Cn2cc(-c3ccc(C)cc3)nn2)CC1. The molecule has 6 heteroatoms. The van der Waals surface area contributed by atoms with Gasteiger partial charge >= 0.3 is 0 Å². The van der Waals surface area contributed by atoms with Gasteiger partial charge in [0.25, 0.3) is 0 Å². The van der Waals surface area contributed by atoms with E-state index in [4.69, 9.17) is 5.73 Å². The van der Waals surface area contributed by atoms with E-state index in [0.717, 1.165) is 43.7 Å². The second-order valence-electron chi connectivity index (χ2n) is 6.98. The minimum atomic E-state index is -0.357. The van der Waals surface area contributed by atoms with E-state index < -0.39 is 0 Å². The Hall–Kier alpha value is -2.21. The molecule has 2 aromatic rings. The predicted molar refractivity (Wildman–Crippen MR) is 97.8 cm³/mol. The molecule has 1 aromatic carbocycles. The number of amides is 1. The molecule has 0 unspecified atom stereocenters. The standard InChI is InChI=1S/C19H27N5O/c1-3-17(20)19(25)23-10-8-15(9-11-23)12-24-13-18(21-22-24)16-6-4-14(2)5-7-16/h4-7,13,15,17H,3,8-12,20H2,1-2H3/t17-/m0/s1. The molecular formula is C19H27N5O. The fourth-order valence-corrected chi connectivity index (χ4v) is 3.25. The highest BCUT2D eigenvalue weighted by Crippen LogP contribution is 2.21. The second kappa shape index (κ2) is 7.78. The van der Waals surface area contributed by atoms with Crippen LogP contribution in [0.15, 0.2) is 30.5 Å². The Morgan fingerprint density at radius 3 is 2.60 bits per heavy atom. The molecule has 0 radical (unpaired) electrons. The van der Waals surface area contributed by atoms with Gasteiger partial charge in [0.15, 0.2) is 0 Å². The number of nitrogens with two attached hydrogens (primary N) is 1. The highest BCUT2D eigenvalue weighted by Gasteiger charge is 2.25. The van der Waals surface area contributed by atoms with E-state index >= 15 is 0 Å². The fourth-order valence-electron chi connectivity index (χ4n) is 3.25. The number of carbonyl (C=O) groups is 1. The minimum absolute atomic E-state index is 0.0864. The van der Waals surface area contributed by atoms with Crippen molar-refractivity contribution in [3.05, 3.63) is 36.0 Å². The zero-order valence-corrected chi connectivity index (χ0v) is 15.1. The van der Waals surface area contributed by atoms with Crippen molar-refractivity contribution in [2.24, 2.45) is 11.7 Å². The first-order valence-electron chi connectivity index (χ1n) is 9.08. The van der Waals surface area contributed by atoms with Crippen LogP contribution >= 0.6 is 0 Å². The van der Waals surface area contributed by atoms with Gasteiger partial charge in [0, 0.05) is 25.2 Å². The van der Waals surface area contributed by atoms with Gasteiger partial charge in [0.2, 0.25) is 5.91 Å². The Kier molecular flexibility index (Phi) is 5.48. The number of aromatic nitrogens is 3. The zero-order chi connectivity index (χ0) is 17.8. The number of likely N-dealkylation sites (tertiary alicyclic amines) is 1. The number of rotatable bonds is 5. The van der Waals surface area contributed by atoms with E-state index in [1.54, 1.807) is 0 Å². The van der Waals surface area contributed by atoms with Gasteiger partial charge in [0.1, 0.15) is 5.69 Å². The Balaban J connectivity index is 1.54. The summed E-state index contributed by atoms with van der Waals surface area (Å²) in [4.78, 5) is 14.1. The quantitative estimate of drug-likeness (QED) is 0.905. The van der Waals surface area contributed by atoms with E-state index in [1.165, 1.54) is 5.56 Å². The van der Waals surface area contributed by atoms with Gasteiger partial charge in [-0.1, -0.05) is 42.0 Å². The molecule has 0 spiro atoms. The van der Waals surface area contributed by atoms with E-state index in [-0.39, 0.29) is 11.9 Å². The molecule has 1 amide bonds. The molecule has 1 aliphatic rings. The van der Waals surface area contributed by atoms with Crippen molar-refractivity contribution >= 4 is 5.91 Å². The summed E-state index contributed by atoms with van der Waals surface area (Å²) < 4.78 is 1.93. The van der Waals surface area contributed by atoms with Gasteiger partial charge in [-0.2, -0.15) is 0 Å². The summed E-state index contributed by atoms with van der Waals surface area (Å²) in [5.41, 5.74) is 9.09. The molecule has 0 bridgehead atoms. The van der Waals surface area contributed by atoms with E-state index in [1.807, 2.05) is 22.7 Å². The molecule has 0 aliphatic carbocycles. The maximum Gasteiger partial charge on any atom is 0.239 e. The van der Waals surface area contributed by atoms with Crippen molar-refractivity contribution in [2.75, 3.05) is 13.1 Å². The first kappa shape index (κ1) is 17.6. The third-order valence-corrected chi connectivity index (χ3v) is 5.01. The highest BCUT2D eigenvalue weighted by molar-refractivity contribution is 5.81. The number of aryl methyl sites for hydroxylation is 1. The van der Waals surface area contributed by atoms with Crippen LogP contribution in [0.3, 0.4) is 0 Å². The fraction of sp³-hybridized carbons (Fsp3) is 0.526. The summed E-state index contributed by atoms with van der Waals surface area (Å²) in [6, 6.07) is 7.96. The maximum absolute atomic E-state index is 12.2. The Morgan fingerprint density at radius 2 is 1.96 bits per heavy atom. The van der Waals surface area contributed by atoms with Crippen molar-refractivity contribution in [1.29, 1.82) is 0 Å². The molecule has 0 saturated carbocycles. The number of piperidine rings is 1. The van der Waals surface area contributed by atoms with Crippen LogP contribution in [0.25, 0.3) is 11.3 Å². The van der Waals surface area contributed by atoms with Gasteiger partial charge in [0.05, 0.1) is 12.2 Å². The van der Waals surface area contributed by atoms with Crippen LogP contribution in [-0.4, -0.2) is 44.9 Å². The van der Waals surface area contributed by atoms with Crippen LogP contribution in [0.2, 0.25) is 0 Å². The molecule has 1 aliphatic heterocycles. The maximum atomic E-state index is 12.2. The number of hydrogen-bond acceptors (Lipinski definition) is 4. The lowest BCUT2D eigenvalue weighted by molar-refractivity contribution is -0.134. The van der Waals surface area contributed by atoms with Crippen molar-refractivity contribution in [3.63, 3.8) is 0 Å². The van der Waals surface area contributed by atoms with Crippen LogP contribution in [0.4, 0.5) is 0 Å². The van der Waals surface area contributed by atoms with Crippen molar-refractivity contribution < 1.29 is 4.79 Å². The predicted octanol–water partition coefficient (Wildman–Crippen LogP) is 2.23. The summed E-state index contributed by atoms with van der Waals surface area (Å²) in [6.07, 6.45) is 4.68. The van der Waals surface area contributed by atoms with E-state index in [9.17, 15) is 4.79 Å². The topological polar surface area (TPSA) is 77.0 Å². The Morgan fingerprint density at radius 1 is 1.28 bits per heavy atom. The molecular weight excluding hydrogens is 314 g/mol. The number of nitrogens with zero attached hydrogens (tertiary/aromatic N) is 4. The third kappa shape index (κ3) is 4.25. The monoisotopic (exact) mass is 341 g/mol. The van der Waals surface area contributed by atoms with Gasteiger partial charge in [-0.3, -0.25) is 9.48 Å². The zero-order valence-electron chi connectivity index (χ0n) is 15.1. The molecule has 1 atom stereocenters. The van der Waals surface area contributed by atoms with E-state index in [0.29, 0.717) is 12.3 Å². The molecule has 25 heavy (non-hydrogen) atoms. The molecule has 3 rings (SSSR count). The van der Waals surface area contributed by atoms with Crippen LogP contribution in [0.1, 0.15) is 31.7 Å². The Bertz CT molecular complexity index is 701. The lowest BCUT2D eigenvalue weighted by Crippen LogP contribution is -2.47. The van der Waals surface area contributed by atoms with Gasteiger partial charge in [-0.15, -0.1) is 5.10 Å². The van der Waals surface area contributed by atoms with Crippen LogP contribution < -0.4 is 5.73 Å². The summed E-state index contributed by atoms with van der Waals surface area (Å²) in [5.74, 6) is 0.609. The molecule has 2 heterocycles. The van der Waals surface area contributed by atoms with Crippen molar-refractivity contribution in [2.45, 2.75) is 45.7 Å². The molecule has 134 valence electrons. The first-order chi connectivity index (χ1) is 12.1. The lowest BCUT2D eigenvalue weighted by atomic mass is 9.96. The lowest BCUT2D eigenvalue weighted by Gasteiger charge is -2.33. The minimum Gasteiger partial charge on any atom is -0.341 e. The smallest absolute Gasteiger partial charge is 0.239 e. The van der Waals surface area contributed by atoms with Crippen molar-refractivity contribution in [3.8, 4) is 11.3 Å². The summed E-state index contributed by atoms with van der Waals surface area (Å²) in [6.45, 7) is 6.45. The van der Waals surface area contributed by atoms with Crippen LogP contribution in [0.5, 0.6) is 0 Å². The number of carbonyl (C=O) groups excluding carboxylic acids is 1. The molecule has 1 aromatic heterocycles. The summed E-state index contributed by atoms with van der Waals surface area (Å²) in [7, 11) is 0. The van der Waals surface area contributed by atoms with Crippen LogP contribution in [0, 0.1) is 12.8 Å². The normalized spacial score (nSPS) is 16.8. The summed E-state index contributed by atoms with van der Waals surface area (Å²) >= 11 is 0. The molecule has 1 saturated heterocycles.